The Hall–Kier alpha value is -1.95. The Morgan fingerprint density at radius 3 is 2.83 bits per heavy atom. The summed E-state index contributed by atoms with van der Waals surface area (Å²) in [4.78, 5) is 8.27. The zero-order valence-electron chi connectivity index (χ0n) is 10.1. The lowest BCUT2D eigenvalue weighted by atomic mass is 10.1. The second-order valence-corrected chi connectivity index (χ2v) is 4.41. The summed E-state index contributed by atoms with van der Waals surface area (Å²) in [5.41, 5.74) is 1.06. The van der Waals surface area contributed by atoms with Gasteiger partial charge < -0.3 is 10.6 Å². The molecule has 2 aromatic heterocycles. The van der Waals surface area contributed by atoms with Crippen molar-refractivity contribution < 1.29 is 0 Å². The summed E-state index contributed by atoms with van der Waals surface area (Å²) in [6, 6.07) is 4.52. The highest BCUT2D eigenvalue weighted by Gasteiger charge is 2.12. The summed E-state index contributed by atoms with van der Waals surface area (Å²) >= 11 is 0. The lowest BCUT2D eigenvalue weighted by molar-refractivity contribution is 0.479. The lowest BCUT2D eigenvalue weighted by Gasteiger charge is -2.24. The average Bonchev–Trinajstić information content (AvgIpc) is 2.95. The third-order valence-corrected chi connectivity index (χ3v) is 3.11. The third-order valence-electron chi connectivity index (χ3n) is 3.11. The molecule has 0 saturated carbocycles. The summed E-state index contributed by atoms with van der Waals surface area (Å²) in [7, 11) is 0. The van der Waals surface area contributed by atoms with Gasteiger partial charge in [-0.15, -0.1) is 0 Å². The third kappa shape index (κ3) is 2.48. The Balaban J connectivity index is 1.67. The van der Waals surface area contributed by atoms with E-state index in [4.69, 9.17) is 0 Å². The number of nitrogens with one attached hydrogen (secondary N) is 2. The van der Waals surface area contributed by atoms with Crippen LogP contribution in [0.2, 0.25) is 0 Å². The molecule has 3 heterocycles. The van der Waals surface area contributed by atoms with Gasteiger partial charge in [-0.2, -0.15) is 5.10 Å². The van der Waals surface area contributed by atoms with Crippen LogP contribution in [-0.4, -0.2) is 38.9 Å². The summed E-state index contributed by atoms with van der Waals surface area (Å²) in [6.07, 6.45) is 7.31. The number of piperidine rings is 1. The number of rotatable bonds is 3. The predicted octanol–water partition coefficient (Wildman–Crippen LogP) is 0.826. The molecule has 2 aromatic rings. The Labute approximate surface area is 105 Å². The van der Waals surface area contributed by atoms with Crippen LogP contribution in [0.3, 0.4) is 0 Å². The molecule has 0 bridgehead atoms. The molecular weight excluding hydrogens is 228 g/mol. The smallest absolute Gasteiger partial charge is 0.155 e. The van der Waals surface area contributed by atoms with E-state index in [1.807, 2.05) is 18.3 Å². The van der Waals surface area contributed by atoms with Crippen molar-refractivity contribution >= 4 is 5.69 Å². The average molecular weight is 244 g/mol. The first-order valence-corrected chi connectivity index (χ1v) is 6.20. The van der Waals surface area contributed by atoms with Gasteiger partial charge in [-0.3, -0.25) is 0 Å². The van der Waals surface area contributed by atoms with Gasteiger partial charge in [0.25, 0.3) is 0 Å². The fourth-order valence-corrected chi connectivity index (χ4v) is 2.14. The molecule has 0 aliphatic carbocycles. The van der Waals surface area contributed by atoms with Crippen molar-refractivity contribution in [3.8, 4) is 5.82 Å². The van der Waals surface area contributed by atoms with Crippen molar-refractivity contribution in [2.45, 2.75) is 18.9 Å². The summed E-state index contributed by atoms with van der Waals surface area (Å²) in [6.45, 7) is 2.17. The van der Waals surface area contributed by atoms with E-state index in [1.165, 1.54) is 6.33 Å². The zero-order chi connectivity index (χ0) is 12.2. The van der Waals surface area contributed by atoms with E-state index in [9.17, 15) is 0 Å². The number of anilines is 1. The fraction of sp³-hybridized carbons (Fsp3) is 0.417. The van der Waals surface area contributed by atoms with Crippen LogP contribution in [-0.2, 0) is 0 Å². The molecule has 0 atom stereocenters. The van der Waals surface area contributed by atoms with Crippen molar-refractivity contribution in [1.82, 2.24) is 25.1 Å². The molecule has 18 heavy (non-hydrogen) atoms. The molecule has 1 aliphatic rings. The Bertz CT molecular complexity index is 472. The molecule has 6 heteroatoms. The van der Waals surface area contributed by atoms with E-state index in [2.05, 4.69) is 25.7 Å². The first kappa shape index (κ1) is 11.2. The molecule has 1 aliphatic heterocycles. The standard InChI is InChI=1S/C12H16N6/c1-2-12(18-9-14-8-16-18)15-7-11(1)17-10-3-5-13-6-4-10/h1-2,7-10,13,17H,3-6H2. The largest absolute Gasteiger partial charge is 0.381 e. The van der Waals surface area contributed by atoms with Crippen LogP contribution in [0.4, 0.5) is 5.69 Å². The lowest BCUT2D eigenvalue weighted by Crippen LogP contribution is -2.35. The summed E-state index contributed by atoms with van der Waals surface area (Å²) in [5.74, 6) is 0.781. The van der Waals surface area contributed by atoms with E-state index in [-0.39, 0.29) is 0 Å². The van der Waals surface area contributed by atoms with Crippen molar-refractivity contribution in [2.24, 2.45) is 0 Å². The molecule has 0 unspecified atom stereocenters. The maximum atomic E-state index is 4.37. The highest BCUT2D eigenvalue weighted by molar-refractivity contribution is 5.44. The molecular formula is C12H16N6. The summed E-state index contributed by atoms with van der Waals surface area (Å²) < 4.78 is 1.65. The Morgan fingerprint density at radius 1 is 1.28 bits per heavy atom. The maximum Gasteiger partial charge on any atom is 0.155 e. The number of aromatic nitrogens is 4. The zero-order valence-corrected chi connectivity index (χ0v) is 10.1. The Morgan fingerprint density at radius 2 is 2.17 bits per heavy atom. The molecule has 0 aromatic carbocycles. The molecule has 0 spiro atoms. The van der Waals surface area contributed by atoms with Crippen LogP contribution < -0.4 is 10.6 Å². The minimum Gasteiger partial charge on any atom is -0.381 e. The molecule has 0 amide bonds. The van der Waals surface area contributed by atoms with Crippen molar-refractivity contribution in [3.05, 3.63) is 31.0 Å². The Kier molecular flexibility index (Phi) is 3.18. The molecule has 0 radical (unpaired) electrons. The van der Waals surface area contributed by atoms with Crippen molar-refractivity contribution in [1.29, 1.82) is 0 Å². The molecule has 2 N–H and O–H groups in total. The number of pyridine rings is 1. The molecule has 3 rings (SSSR count). The van der Waals surface area contributed by atoms with Crippen LogP contribution in [0.1, 0.15) is 12.8 Å². The SMILES string of the molecule is c1ncn(-c2ccc(NC3CCNCC3)cn2)n1. The van der Waals surface area contributed by atoms with Crippen LogP contribution in [0.5, 0.6) is 0 Å². The van der Waals surface area contributed by atoms with Gasteiger partial charge in [-0.05, 0) is 38.1 Å². The van der Waals surface area contributed by atoms with E-state index in [0.29, 0.717) is 6.04 Å². The van der Waals surface area contributed by atoms with Crippen LogP contribution in [0.15, 0.2) is 31.0 Å². The van der Waals surface area contributed by atoms with Gasteiger partial charge in [0.15, 0.2) is 5.82 Å². The molecule has 94 valence electrons. The highest BCUT2D eigenvalue weighted by atomic mass is 15.3. The number of hydrogen-bond donors (Lipinski definition) is 2. The highest BCUT2D eigenvalue weighted by Crippen LogP contribution is 2.13. The molecule has 1 fully saturated rings. The van der Waals surface area contributed by atoms with Gasteiger partial charge in [0, 0.05) is 6.04 Å². The van der Waals surface area contributed by atoms with Crippen LogP contribution in [0.25, 0.3) is 5.82 Å². The number of hydrogen-bond acceptors (Lipinski definition) is 5. The normalized spacial score (nSPS) is 16.7. The van der Waals surface area contributed by atoms with Crippen LogP contribution in [0, 0.1) is 0 Å². The molecule has 6 nitrogen and oxygen atoms in total. The van der Waals surface area contributed by atoms with Gasteiger partial charge in [0.05, 0.1) is 11.9 Å². The fourth-order valence-electron chi connectivity index (χ4n) is 2.14. The monoisotopic (exact) mass is 244 g/mol. The van der Waals surface area contributed by atoms with Gasteiger partial charge >= 0.3 is 0 Å². The second kappa shape index (κ2) is 5.14. The van der Waals surface area contributed by atoms with Gasteiger partial charge in [0.1, 0.15) is 12.7 Å². The first-order valence-electron chi connectivity index (χ1n) is 6.20. The van der Waals surface area contributed by atoms with Crippen molar-refractivity contribution in [3.63, 3.8) is 0 Å². The van der Waals surface area contributed by atoms with Crippen molar-refractivity contribution in [2.75, 3.05) is 18.4 Å². The van der Waals surface area contributed by atoms with Gasteiger partial charge in [-0.25, -0.2) is 14.6 Å². The van der Waals surface area contributed by atoms with E-state index in [1.54, 1.807) is 11.0 Å². The quantitative estimate of drug-likeness (QED) is 0.837. The van der Waals surface area contributed by atoms with Crippen LogP contribution >= 0.6 is 0 Å². The number of nitrogens with zero attached hydrogens (tertiary/aromatic N) is 4. The van der Waals surface area contributed by atoms with Gasteiger partial charge in [-0.1, -0.05) is 0 Å². The minimum absolute atomic E-state index is 0.547. The van der Waals surface area contributed by atoms with Gasteiger partial charge in [0.2, 0.25) is 0 Å². The predicted molar refractivity (Wildman–Crippen MR) is 68.7 cm³/mol. The maximum absolute atomic E-state index is 4.37. The first-order chi connectivity index (χ1) is 8.92. The second-order valence-electron chi connectivity index (χ2n) is 4.41. The topological polar surface area (TPSA) is 67.7 Å². The van der Waals surface area contributed by atoms with E-state index >= 15 is 0 Å². The summed E-state index contributed by atoms with van der Waals surface area (Å²) in [5, 5.41) is 10.9. The van der Waals surface area contributed by atoms with E-state index in [0.717, 1.165) is 37.4 Å². The van der Waals surface area contributed by atoms with E-state index < -0.39 is 0 Å². The minimum atomic E-state index is 0.547. The molecule has 1 saturated heterocycles.